The van der Waals surface area contributed by atoms with Crippen LogP contribution in [0.5, 0.6) is 0 Å². The average molecular weight is 287 g/mol. The first kappa shape index (κ1) is 16.8. The molecule has 1 atom stereocenters. The fraction of sp³-hybridized carbons (Fsp3) is 0.412. The van der Waals surface area contributed by atoms with Gasteiger partial charge < -0.3 is 10.1 Å². The summed E-state index contributed by atoms with van der Waals surface area (Å²) < 4.78 is 5.35. The molecule has 0 radical (unpaired) electrons. The number of carbonyl (C=O) groups is 2. The van der Waals surface area contributed by atoms with Crippen molar-refractivity contribution in [2.75, 3.05) is 0 Å². The normalized spacial score (nSPS) is 12.1. The predicted octanol–water partition coefficient (Wildman–Crippen LogP) is 2.08. The van der Waals surface area contributed by atoms with Gasteiger partial charge in [0.2, 0.25) is 5.91 Å². The number of rotatable bonds is 5. The summed E-state index contributed by atoms with van der Waals surface area (Å²) in [7, 11) is 0. The maximum Gasteiger partial charge on any atom is 0.329 e. The summed E-state index contributed by atoms with van der Waals surface area (Å²) in [6.07, 6.45) is 5.41. The zero-order chi connectivity index (χ0) is 15.9. The van der Waals surface area contributed by atoms with Crippen LogP contribution in [0.25, 0.3) is 0 Å². The molecule has 1 aromatic carbocycles. The second-order valence-electron chi connectivity index (χ2n) is 5.72. The summed E-state index contributed by atoms with van der Waals surface area (Å²) in [5.74, 6) is 1.44. The molecule has 0 aliphatic carbocycles. The molecule has 0 aliphatic heterocycles. The standard InChI is InChI=1S/C17H21NO3/c1-5-9-15(19)18-14(16(20)21-17(2,3)4)12-13-10-7-6-8-11-13/h1,6-8,10-11,14H,9,12H2,2-4H3,(H,18,19)/t14-/m1/s1. The second kappa shape index (κ2) is 7.49. The molecule has 0 heterocycles. The van der Waals surface area contributed by atoms with Gasteiger partial charge >= 0.3 is 5.97 Å². The van der Waals surface area contributed by atoms with E-state index in [0.717, 1.165) is 5.56 Å². The molecule has 1 N–H and O–H groups in total. The highest BCUT2D eigenvalue weighted by atomic mass is 16.6. The van der Waals surface area contributed by atoms with Crippen molar-refractivity contribution in [1.29, 1.82) is 0 Å². The zero-order valence-corrected chi connectivity index (χ0v) is 12.7. The van der Waals surface area contributed by atoms with E-state index in [2.05, 4.69) is 11.2 Å². The molecule has 21 heavy (non-hydrogen) atoms. The third kappa shape index (κ3) is 6.62. The van der Waals surface area contributed by atoms with Crippen LogP contribution >= 0.6 is 0 Å². The monoisotopic (exact) mass is 287 g/mol. The van der Waals surface area contributed by atoms with Crippen molar-refractivity contribution in [2.24, 2.45) is 0 Å². The Morgan fingerprint density at radius 2 is 1.90 bits per heavy atom. The Balaban J connectivity index is 2.81. The van der Waals surface area contributed by atoms with E-state index in [4.69, 9.17) is 11.2 Å². The Bertz CT molecular complexity index is 523. The molecule has 4 nitrogen and oxygen atoms in total. The molecule has 0 unspecified atom stereocenters. The summed E-state index contributed by atoms with van der Waals surface area (Å²) in [6, 6.07) is 8.70. The van der Waals surface area contributed by atoms with Crippen LogP contribution in [0, 0.1) is 12.3 Å². The van der Waals surface area contributed by atoms with Gasteiger partial charge in [0.25, 0.3) is 0 Å². The topological polar surface area (TPSA) is 55.4 Å². The molecular formula is C17H21NO3. The van der Waals surface area contributed by atoms with Crippen LogP contribution in [0.2, 0.25) is 0 Å². The van der Waals surface area contributed by atoms with Gasteiger partial charge in [0.1, 0.15) is 11.6 Å². The number of amides is 1. The van der Waals surface area contributed by atoms with Gasteiger partial charge in [-0.3, -0.25) is 4.79 Å². The lowest BCUT2D eigenvalue weighted by molar-refractivity contribution is -0.158. The summed E-state index contributed by atoms with van der Waals surface area (Å²) in [5.41, 5.74) is 0.331. The number of hydrogen-bond acceptors (Lipinski definition) is 3. The summed E-state index contributed by atoms with van der Waals surface area (Å²) in [4.78, 5) is 23.9. The summed E-state index contributed by atoms with van der Waals surface area (Å²) in [5, 5.41) is 2.63. The van der Waals surface area contributed by atoms with Gasteiger partial charge in [0.05, 0.1) is 6.42 Å². The largest absolute Gasteiger partial charge is 0.458 e. The molecule has 112 valence electrons. The van der Waals surface area contributed by atoms with Crippen molar-refractivity contribution < 1.29 is 14.3 Å². The van der Waals surface area contributed by atoms with Gasteiger partial charge in [0.15, 0.2) is 0 Å². The van der Waals surface area contributed by atoms with Crippen LogP contribution in [0.1, 0.15) is 32.8 Å². The zero-order valence-electron chi connectivity index (χ0n) is 12.7. The number of ether oxygens (including phenoxy) is 1. The van der Waals surface area contributed by atoms with E-state index in [1.54, 1.807) is 20.8 Å². The number of esters is 1. The fourth-order valence-corrected chi connectivity index (χ4v) is 1.75. The molecule has 0 spiro atoms. The molecule has 0 aromatic heterocycles. The van der Waals surface area contributed by atoms with Crippen LogP contribution in [-0.2, 0) is 20.7 Å². The lowest BCUT2D eigenvalue weighted by Gasteiger charge is -2.24. The minimum atomic E-state index is -0.743. The molecule has 0 aliphatic rings. The van der Waals surface area contributed by atoms with E-state index in [9.17, 15) is 9.59 Å². The molecule has 1 amide bonds. The highest BCUT2D eigenvalue weighted by molar-refractivity contribution is 5.85. The third-order valence-corrected chi connectivity index (χ3v) is 2.57. The molecule has 0 saturated carbocycles. The molecule has 4 heteroatoms. The van der Waals surface area contributed by atoms with E-state index in [1.807, 2.05) is 30.3 Å². The van der Waals surface area contributed by atoms with Crippen LogP contribution in [-0.4, -0.2) is 23.5 Å². The Morgan fingerprint density at radius 1 is 1.29 bits per heavy atom. The van der Waals surface area contributed by atoms with Crippen LogP contribution in [0.3, 0.4) is 0 Å². The second-order valence-corrected chi connectivity index (χ2v) is 5.72. The highest BCUT2D eigenvalue weighted by Gasteiger charge is 2.26. The first-order chi connectivity index (χ1) is 9.81. The minimum Gasteiger partial charge on any atom is -0.458 e. The van der Waals surface area contributed by atoms with Crippen molar-refractivity contribution in [1.82, 2.24) is 5.32 Å². The number of hydrogen-bond donors (Lipinski definition) is 1. The summed E-state index contributed by atoms with van der Waals surface area (Å²) in [6.45, 7) is 5.36. The molecule has 0 saturated heterocycles. The van der Waals surface area contributed by atoms with Crippen LogP contribution in [0.4, 0.5) is 0 Å². The summed E-state index contributed by atoms with van der Waals surface area (Å²) >= 11 is 0. The smallest absolute Gasteiger partial charge is 0.329 e. The lowest BCUT2D eigenvalue weighted by atomic mass is 10.1. The Kier molecular flexibility index (Phi) is 5.98. The van der Waals surface area contributed by atoms with Gasteiger partial charge in [0, 0.05) is 6.42 Å². The van der Waals surface area contributed by atoms with Gasteiger partial charge in [-0.1, -0.05) is 36.3 Å². The van der Waals surface area contributed by atoms with E-state index in [0.29, 0.717) is 6.42 Å². The maximum absolute atomic E-state index is 12.2. The predicted molar refractivity (Wildman–Crippen MR) is 81.4 cm³/mol. The molecular weight excluding hydrogens is 266 g/mol. The van der Waals surface area contributed by atoms with Crippen molar-refractivity contribution >= 4 is 11.9 Å². The van der Waals surface area contributed by atoms with Gasteiger partial charge in [-0.15, -0.1) is 6.42 Å². The number of carbonyl (C=O) groups excluding carboxylic acids is 2. The molecule has 1 rings (SSSR count). The lowest BCUT2D eigenvalue weighted by Crippen LogP contribution is -2.45. The van der Waals surface area contributed by atoms with E-state index in [1.165, 1.54) is 0 Å². The van der Waals surface area contributed by atoms with E-state index < -0.39 is 17.6 Å². The Labute approximate surface area is 125 Å². The van der Waals surface area contributed by atoms with Crippen LogP contribution < -0.4 is 5.32 Å². The Morgan fingerprint density at radius 3 is 2.43 bits per heavy atom. The van der Waals surface area contributed by atoms with Crippen LogP contribution in [0.15, 0.2) is 30.3 Å². The van der Waals surface area contributed by atoms with Gasteiger partial charge in [-0.25, -0.2) is 4.79 Å². The first-order valence-electron chi connectivity index (χ1n) is 6.81. The average Bonchev–Trinajstić information content (AvgIpc) is 2.37. The number of nitrogens with one attached hydrogen (secondary N) is 1. The van der Waals surface area contributed by atoms with Gasteiger partial charge in [-0.2, -0.15) is 0 Å². The molecule has 0 fully saturated rings. The van der Waals surface area contributed by atoms with Gasteiger partial charge in [-0.05, 0) is 26.3 Å². The Hall–Kier alpha value is -2.28. The van der Waals surface area contributed by atoms with E-state index >= 15 is 0 Å². The van der Waals surface area contributed by atoms with Crippen molar-refractivity contribution in [3.05, 3.63) is 35.9 Å². The SMILES string of the molecule is C#CCC(=O)N[C@H](Cc1ccccc1)C(=O)OC(C)(C)C. The first-order valence-corrected chi connectivity index (χ1v) is 6.81. The number of benzene rings is 1. The van der Waals surface area contributed by atoms with Crippen molar-refractivity contribution in [2.45, 2.75) is 45.3 Å². The fourth-order valence-electron chi connectivity index (χ4n) is 1.75. The quantitative estimate of drug-likeness (QED) is 0.666. The van der Waals surface area contributed by atoms with E-state index in [-0.39, 0.29) is 12.3 Å². The highest BCUT2D eigenvalue weighted by Crippen LogP contribution is 2.11. The molecule has 1 aromatic rings. The molecule has 0 bridgehead atoms. The minimum absolute atomic E-state index is 0.0614. The van der Waals surface area contributed by atoms with Crippen molar-refractivity contribution in [3.63, 3.8) is 0 Å². The number of terminal acetylenes is 1. The third-order valence-electron chi connectivity index (χ3n) is 2.57. The maximum atomic E-state index is 12.2. The van der Waals surface area contributed by atoms with Crippen molar-refractivity contribution in [3.8, 4) is 12.3 Å².